The molecule has 1 rings (SSSR count). The Labute approximate surface area is 91.8 Å². The molecule has 1 fully saturated rings. The lowest BCUT2D eigenvalue weighted by Gasteiger charge is -2.19. The molecule has 0 aromatic rings. The monoisotopic (exact) mass is 228 g/mol. The predicted octanol–water partition coefficient (Wildman–Crippen LogP) is 0.105. The first-order chi connectivity index (χ1) is 7.32. The van der Waals surface area contributed by atoms with Gasteiger partial charge in [-0.25, -0.2) is 14.5 Å². The number of esters is 1. The molecule has 1 aliphatic rings. The van der Waals surface area contributed by atoms with Gasteiger partial charge in [0.15, 0.2) is 6.73 Å². The average Bonchev–Trinajstić information content (AvgIpc) is 2.39. The smallest absolute Gasteiger partial charge is 0.354 e. The number of hydrogen-bond acceptors (Lipinski definition) is 5. The average molecular weight is 228 g/mol. The minimum atomic E-state index is -1.35. The lowest BCUT2D eigenvalue weighted by molar-refractivity contribution is -0.148. The molecule has 0 saturated carbocycles. The van der Waals surface area contributed by atoms with Gasteiger partial charge in [-0.05, 0) is 13.8 Å². The van der Waals surface area contributed by atoms with Crippen molar-refractivity contribution >= 4 is 17.9 Å². The fourth-order valence-electron chi connectivity index (χ4n) is 1.16. The van der Waals surface area contributed by atoms with Crippen LogP contribution < -0.4 is 0 Å². The van der Waals surface area contributed by atoms with Crippen molar-refractivity contribution in [3.8, 4) is 0 Å². The number of amides is 3. The zero-order valence-corrected chi connectivity index (χ0v) is 8.97. The van der Waals surface area contributed by atoms with Crippen LogP contribution in [0.1, 0.15) is 13.8 Å². The van der Waals surface area contributed by atoms with Gasteiger partial charge in [-0.3, -0.25) is 10.0 Å². The number of carbonyl (C=O) groups excluding carboxylic acids is 3. The Balaban J connectivity index is 2.76. The van der Waals surface area contributed by atoms with Crippen molar-refractivity contribution in [1.29, 1.82) is 0 Å². The minimum Gasteiger partial charge on any atom is -0.440 e. The highest BCUT2D eigenvalue weighted by molar-refractivity contribution is 6.05. The standard InChI is InChI=1S/C9H12N2O5/c1-4-6(12)16-5-10-7(13)9(2,3)11(15)8(10)14/h4,15H,1,5H2,2-3H3. The lowest BCUT2D eigenvalue weighted by Crippen LogP contribution is -2.42. The van der Waals surface area contributed by atoms with E-state index in [1.165, 1.54) is 13.8 Å². The van der Waals surface area contributed by atoms with Crippen molar-refractivity contribution in [2.45, 2.75) is 19.4 Å². The number of nitrogens with zero attached hydrogens (tertiary/aromatic N) is 2. The van der Waals surface area contributed by atoms with E-state index in [0.29, 0.717) is 9.96 Å². The van der Waals surface area contributed by atoms with Gasteiger partial charge in [-0.15, -0.1) is 0 Å². The van der Waals surface area contributed by atoms with E-state index in [1.807, 2.05) is 0 Å². The molecule has 0 unspecified atom stereocenters. The normalized spacial score (nSPS) is 18.9. The van der Waals surface area contributed by atoms with Gasteiger partial charge >= 0.3 is 12.0 Å². The van der Waals surface area contributed by atoms with Crippen LogP contribution in [0.2, 0.25) is 0 Å². The summed E-state index contributed by atoms with van der Waals surface area (Å²) in [6.45, 7) is 5.38. The molecule has 3 amide bonds. The molecule has 0 radical (unpaired) electrons. The first-order valence-electron chi connectivity index (χ1n) is 4.46. The van der Waals surface area contributed by atoms with E-state index >= 15 is 0 Å². The summed E-state index contributed by atoms with van der Waals surface area (Å²) >= 11 is 0. The summed E-state index contributed by atoms with van der Waals surface area (Å²) in [6.07, 6.45) is 0.910. The van der Waals surface area contributed by atoms with Crippen LogP contribution in [0.15, 0.2) is 12.7 Å². The van der Waals surface area contributed by atoms with E-state index in [2.05, 4.69) is 11.3 Å². The van der Waals surface area contributed by atoms with E-state index in [0.717, 1.165) is 6.08 Å². The van der Waals surface area contributed by atoms with E-state index in [4.69, 9.17) is 0 Å². The van der Waals surface area contributed by atoms with E-state index in [1.54, 1.807) is 0 Å². The van der Waals surface area contributed by atoms with Crippen molar-refractivity contribution in [1.82, 2.24) is 9.96 Å². The number of rotatable bonds is 3. The maximum absolute atomic E-state index is 11.6. The molecule has 1 aliphatic heterocycles. The fourth-order valence-corrected chi connectivity index (χ4v) is 1.16. The second-order valence-electron chi connectivity index (χ2n) is 3.68. The molecule has 0 spiro atoms. The van der Waals surface area contributed by atoms with Crippen LogP contribution in [0.25, 0.3) is 0 Å². The highest BCUT2D eigenvalue weighted by atomic mass is 16.6. The molecule has 1 N–H and O–H groups in total. The molecule has 0 aliphatic carbocycles. The van der Waals surface area contributed by atoms with Gasteiger partial charge in [0.25, 0.3) is 5.91 Å². The van der Waals surface area contributed by atoms with E-state index in [9.17, 15) is 19.6 Å². The molecule has 0 atom stereocenters. The van der Waals surface area contributed by atoms with Crippen molar-refractivity contribution in [2.24, 2.45) is 0 Å². The van der Waals surface area contributed by atoms with Gasteiger partial charge in [-0.2, -0.15) is 5.06 Å². The summed E-state index contributed by atoms with van der Waals surface area (Å²) < 4.78 is 4.55. The molecule has 7 heteroatoms. The van der Waals surface area contributed by atoms with Crippen LogP contribution >= 0.6 is 0 Å². The van der Waals surface area contributed by atoms with Crippen molar-refractivity contribution in [3.63, 3.8) is 0 Å². The molecule has 1 heterocycles. The first kappa shape index (κ1) is 12.2. The highest BCUT2D eigenvalue weighted by Gasteiger charge is 2.51. The number of imide groups is 1. The first-order valence-corrected chi connectivity index (χ1v) is 4.46. The molecule has 0 aromatic carbocycles. The SMILES string of the molecule is C=CC(=O)OCN1C(=O)N(O)C(C)(C)C1=O. The van der Waals surface area contributed by atoms with Crippen molar-refractivity contribution < 1.29 is 24.3 Å². The molecular weight excluding hydrogens is 216 g/mol. The Morgan fingerprint density at radius 2 is 2.12 bits per heavy atom. The van der Waals surface area contributed by atoms with Crippen LogP contribution in [0.3, 0.4) is 0 Å². The Morgan fingerprint density at radius 1 is 1.56 bits per heavy atom. The molecular formula is C9H12N2O5. The van der Waals surface area contributed by atoms with Gasteiger partial charge in [-0.1, -0.05) is 6.58 Å². The van der Waals surface area contributed by atoms with Crippen LogP contribution in [0.4, 0.5) is 4.79 Å². The number of hydrogen-bond donors (Lipinski definition) is 1. The molecule has 0 bridgehead atoms. The second-order valence-corrected chi connectivity index (χ2v) is 3.68. The number of hydroxylamine groups is 2. The lowest BCUT2D eigenvalue weighted by atomic mass is 10.1. The number of urea groups is 1. The predicted molar refractivity (Wildman–Crippen MR) is 51.1 cm³/mol. The molecule has 16 heavy (non-hydrogen) atoms. The van der Waals surface area contributed by atoms with Crippen molar-refractivity contribution in [3.05, 3.63) is 12.7 Å². The summed E-state index contributed by atoms with van der Waals surface area (Å²) in [5.41, 5.74) is -1.35. The number of carbonyl (C=O) groups is 3. The molecule has 88 valence electrons. The fraction of sp³-hybridized carbons (Fsp3) is 0.444. The Kier molecular flexibility index (Phi) is 2.99. The molecule has 1 saturated heterocycles. The van der Waals surface area contributed by atoms with Gasteiger partial charge < -0.3 is 4.74 Å². The summed E-state index contributed by atoms with van der Waals surface area (Å²) in [4.78, 5) is 34.4. The second kappa shape index (κ2) is 3.93. The Hall–Kier alpha value is -1.89. The Morgan fingerprint density at radius 3 is 2.50 bits per heavy atom. The summed E-state index contributed by atoms with van der Waals surface area (Å²) in [6, 6.07) is -0.924. The molecule has 0 aromatic heterocycles. The molecule has 7 nitrogen and oxygen atoms in total. The van der Waals surface area contributed by atoms with Crippen LogP contribution in [-0.4, -0.2) is 45.3 Å². The van der Waals surface area contributed by atoms with Gasteiger partial charge in [0.2, 0.25) is 0 Å². The van der Waals surface area contributed by atoms with E-state index < -0.39 is 30.2 Å². The van der Waals surface area contributed by atoms with E-state index in [-0.39, 0.29) is 0 Å². The van der Waals surface area contributed by atoms with Crippen LogP contribution in [-0.2, 0) is 14.3 Å². The summed E-state index contributed by atoms with van der Waals surface area (Å²) in [5, 5.41) is 9.65. The third kappa shape index (κ3) is 1.76. The summed E-state index contributed by atoms with van der Waals surface area (Å²) in [7, 11) is 0. The van der Waals surface area contributed by atoms with Gasteiger partial charge in [0, 0.05) is 6.08 Å². The summed E-state index contributed by atoms with van der Waals surface area (Å²) in [5.74, 6) is -1.40. The Bertz CT molecular complexity index is 363. The van der Waals surface area contributed by atoms with Crippen LogP contribution in [0, 0.1) is 0 Å². The van der Waals surface area contributed by atoms with Gasteiger partial charge in [0.1, 0.15) is 5.54 Å². The van der Waals surface area contributed by atoms with Gasteiger partial charge in [0.05, 0.1) is 0 Å². The van der Waals surface area contributed by atoms with Crippen LogP contribution in [0.5, 0.6) is 0 Å². The quantitative estimate of drug-likeness (QED) is 0.320. The third-order valence-corrected chi connectivity index (χ3v) is 2.21. The van der Waals surface area contributed by atoms with Crippen molar-refractivity contribution in [2.75, 3.05) is 6.73 Å². The third-order valence-electron chi connectivity index (χ3n) is 2.21. The number of ether oxygens (including phenoxy) is 1. The topological polar surface area (TPSA) is 87.2 Å². The highest BCUT2D eigenvalue weighted by Crippen LogP contribution is 2.25. The maximum atomic E-state index is 11.6. The zero-order valence-electron chi connectivity index (χ0n) is 8.97. The largest absolute Gasteiger partial charge is 0.440 e. The maximum Gasteiger partial charge on any atom is 0.354 e. The minimum absolute atomic E-state index is 0.303. The zero-order chi connectivity index (χ0) is 12.5.